The Hall–Kier alpha value is -2.83. The van der Waals surface area contributed by atoms with Gasteiger partial charge in [-0.15, -0.1) is 0 Å². The van der Waals surface area contributed by atoms with Crippen molar-refractivity contribution < 1.29 is 27.9 Å². The zero-order valence-electron chi connectivity index (χ0n) is 12.4. The first-order chi connectivity index (χ1) is 11.3. The van der Waals surface area contributed by atoms with E-state index in [4.69, 9.17) is 5.11 Å². The van der Waals surface area contributed by atoms with Gasteiger partial charge in [0.1, 0.15) is 6.54 Å². The molecule has 4 nitrogen and oxygen atoms in total. The van der Waals surface area contributed by atoms with E-state index in [9.17, 15) is 22.8 Å². The van der Waals surface area contributed by atoms with E-state index in [-0.39, 0.29) is 0 Å². The van der Waals surface area contributed by atoms with E-state index in [0.717, 1.165) is 0 Å². The number of carboxylic acid groups (broad SMARTS) is 1. The van der Waals surface area contributed by atoms with Crippen molar-refractivity contribution in [1.82, 2.24) is 4.90 Å². The van der Waals surface area contributed by atoms with Gasteiger partial charge in [-0.25, -0.2) is 0 Å². The van der Waals surface area contributed by atoms with Gasteiger partial charge in [-0.05, 0) is 11.1 Å². The van der Waals surface area contributed by atoms with Crippen LogP contribution in [0, 0.1) is 0 Å². The van der Waals surface area contributed by atoms with Crippen LogP contribution in [0.5, 0.6) is 0 Å². The molecule has 0 heterocycles. The Morgan fingerprint density at radius 3 is 1.67 bits per heavy atom. The highest BCUT2D eigenvalue weighted by Crippen LogP contribution is 2.32. The van der Waals surface area contributed by atoms with Crippen LogP contribution in [0.4, 0.5) is 13.2 Å². The minimum atomic E-state index is -5.17. The van der Waals surface area contributed by atoms with Gasteiger partial charge in [0.25, 0.3) is 0 Å². The Kier molecular flexibility index (Phi) is 5.23. The van der Waals surface area contributed by atoms with Crippen LogP contribution in [0.1, 0.15) is 17.2 Å². The molecule has 0 saturated carbocycles. The van der Waals surface area contributed by atoms with E-state index >= 15 is 0 Å². The fraction of sp³-hybridized carbons (Fsp3) is 0.176. The molecule has 2 aromatic carbocycles. The quantitative estimate of drug-likeness (QED) is 0.911. The molecule has 0 radical (unpaired) electrons. The van der Waals surface area contributed by atoms with Crippen molar-refractivity contribution in [2.75, 3.05) is 6.54 Å². The summed E-state index contributed by atoms with van der Waals surface area (Å²) in [5.41, 5.74) is 0.783. The number of benzene rings is 2. The van der Waals surface area contributed by atoms with Crippen LogP contribution in [0.25, 0.3) is 0 Å². The molecule has 7 heteroatoms. The maximum absolute atomic E-state index is 13.0. The molecular weight excluding hydrogens is 323 g/mol. The van der Waals surface area contributed by atoms with Crippen molar-refractivity contribution in [3.8, 4) is 0 Å². The molecular formula is C17H14F3NO3. The maximum Gasteiger partial charge on any atom is 0.471 e. The summed E-state index contributed by atoms with van der Waals surface area (Å²) in [4.78, 5) is 23.2. The second kappa shape index (κ2) is 7.16. The third-order valence-corrected chi connectivity index (χ3v) is 3.35. The predicted molar refractivity (Wildman–Crippen MR) is 80.1 cm³/mol. The van der Waals surface area contributed by atoms with Crippen molar-refractivity contribution in [3.05, 3.63) is 71.8 Å². The molecule has 1 N–H and O–H groups in total. The second-order valence-corrected chi connectivity index (χ2v) is 5.05. The summed E-state index contributed by atoms with van der Waals surface area (Å²) >= 11 is 0. The van der Waals surface area contributed by atoms with Gasteiger partial charge >= 0.3 is 18.1 Å². The number of carbonyl (C=O) groups is 2. The fourth-order valence-electron chi connectivity index (χ4n) is 2.41. The molecule has 126 valence electrons. The molecule has 2 aromatic rings. The first-order valence-electron chi connectivity index (χ1n) is 7.00. The number of rotatable bonds is 5. The highest BCUT2D eigenvalue weighted by atomic mass is 19.4. The number of amides is 1. The first kappa shape index (κ1) is 17.5. The molecule has 0 aliphatic carbocycles. The summed E-state index contributed by atoms with van der Waals surface area (Å²) in [7, 11) is 0. The molecule has 0 atom stereocenters. The predicted octanol–water partition coefficient (Wildman–Crippen LogP) is 3.25. The summed E-state index contributed by atoms with van der Waals surface area (Å²) in [6, 6.07) is 14.9. The molecule has 2 rings (SSSR count). The third-order valence-electron chi connectivity index (χ3n) is 3.35. The zero-order valence-corrected chi connectivity index (χ0v) is 12.4. The van der Waals surface area contributed by atoms with E-state index < -0.39 is 30.6 Å². The molecule has 0 saturated heterocycles. The molecule has 0 aliphatic heterocycles. The lowest BCUT2D eigenvalue weighted by Crippen LogP contribution is -2.46. The first-order valence-corrected chi connectivity index (χ1v) is 7.00. The zero-order chi connectivity index (χ0) is 17.7. The summed E-state index contributed by atoms with van der Waals surface area (Å²) in [6.07, 6.45) is -5.17. The Bertz CT molecular complexity index is 663. The Morgan fingerprint density at radius 1 is 0.917 bits per heavy atom. The topological polar surface area (TPSA) is 57.6 Å². The van der Waals surface area contributed by atoms with E-state index in [1.165, 1.54) is 0 Å². The second-order valence-electron chi connectivity index (χ2n) is 5.05. The SMILES string of the molecule is O=C(O)CN(C(=O)C(F)(F)F)C(c1ccccc1)c1ccccc1. The van der Waals surface area contributed by atoms with Gasteiger partial charge in [0.15, 0.2) is 0 Å². The van der Waals surface area contributed by atoms with Crippen LogP contribution in [-0.4, -0.2) is 34.6 Å². The fourth-order valence-corrected chi connectivity index (χ4v) is 2.41. The van der Waals surface area contributed by atoms with Gasteiger partial charge in [0.05, 0.1) is 6.04 Å². The largest absolute Gasteiger partial charge is 0.480 e. The molecule has 0 unspecified atom stereocenters. The minimum absolute atomic E-state index is 0.326. The molecule has 0 fully saturated rings. The number of nitrogens with zero attached hydrogens (tertiary/aromatic N) is 1. The average molecular weight is 337 g/mol. The van der Waals surface area contributed by atoms with Crippen LogP contribution in [0.3, 0.4) is 0 Å². The van der Waals surface area contributed by atoms with Gasteiger partial charge in [0.2, 0.25) is 0 Å². The Balaban J connectivity index is 2.57. The summed E-state index contributed by atoms with van der Waals surface area (Å²) in [5.74, 6) is -3.72. The smallest absolute Gasteiger partial charge is 0.471 e. The number of aliphatic carboxylic acids is 1. The van der Waals surface area contributed by atoms with Gasteiger partial charge in [-0.1, -0.05) is 60.7 Å². The highest BCUT2D eigenvalue weighted by Gasteiger charge is 2.45. The number of halogens is 3. The van der Waals surface area contributed by atoms with Crippen LogP contribution >= 0.6 is 0 Å². The number of hydrogen-bond acceptors (Lipinski definition) is 2. The molecule has 0 aromatic heterocycles. The third kappa shape index (κ3) is 4.13. The van der Waals surface area contributed by atoms with Gasteiger partial charge in [0, 0.05) is 0 Å². The van der Waals surface area contributed by atoms with Crippen LogP contribution in [0.2, 0.25) is 0 Å². The standard InChI is InChI=1S/C17H14F3NO3/c18-17(19,20)16(24)21(11-14(22)23)15(12-7-3-1-4-8-12)13-9-5-2-6-10-13/h1-10,15H,11H2,(H,22,23). The van der Waals surface area contributed by atoms with Crippen LogP contribution in [-0.2, 0) is 9.59 Å². The monoisotopic (exact) mass is 337 g/mol. The number of hydrogen-bond donors (Lipinski definition) is 1. The summed E-state index contributed by atoms with van der Waals surface area (Å²) in [6.45, 7) is -1.06. The van der Waals surface area contributed by atoms with Gasteiger partial charge in [-0.2, -0.15) is 13.2 Å². The van der Waals surface area contributed by atoms with Crippen molar-refractivity contribution in [1.29, 1.82) is 0 Å². The lowest BCUT2D eigenvalue weighted by Gasteiger charge is -2.31. The van der Waals surface area contributed by atoms with E-state index in [2.05, 4.69) is 0 Å². The minimum Gasteiger partial charge on any atom is -0.480 e. The average Bonchev–Trinajstić information content (AvgIpc) is 2.54. The normalized spacial score (nSPS) is 11.3. The molecule has 0 spiro atoms. The van der Waals surface area contributed by atoms with Crippen LogP contribution < -0.4 is 0 Å². The number of carbonyl (C=O) groups excluding carboxylic acids is 1. The van der Waals surface area contributed by atoms with Gasteiger partial charge < -0.3 is 10.0 Å². The van der Waals surface area contributed by atoms with Crippen LogP contribution in [0.15, 0.2) is 60.7 Å². The highest BCUT2D eigenvalue weighted by molar-refractivity contribution is 5.86. The van der Waals surface area contributed by atoms with Gasteiger partial charge in [-0.3, -0.25) is 9.59 Å². The molecule has 1 amide bonds. The molecule has 24 heavy (non-hydrogen) atoms. The van der Waals surface area contributed by atoms with Crippen molar-refractivity contribution in [2.24, 2.45) is 0 Å². The number of carboxylic acids is 1. The van der Waals surface area contributed by atoms with E-state index in [1.807, 2.05) is 0 Å². The van der Waals surface area contributed by atoms with Crippen molar-refractivity contribution in [2.45, 2.75) is 12.2 Å². The molecule has 0 aliphatic rings. The Labute approximate surface area is 136 Å². The van der Waals surface area contributed by atoms with E-state index in [0.29, 0.717) is 16.0 Å². The lowest BCUT2D eigenvalue weighted by molar-refractivity contribution is -0.188. The summed E-state index contributed by atoms with van der Waals surface area (Å²) < 4.78 is 38.9. The summed E-state index contributed by atoms with van der Waals surface area (Å²) in [5, 5.41) is 8.98. The maximum atomic E-state index is 13.0. The number of alkyl halides is 3. The molecule has 0 bridgehead atoms. The van der Waals surface area contributed by atoms with Crippen molar-refractivity contribution >= 4 is 11.9 Å². The van der Waals surface area contributed by atoms with Crippen molar-refractivity contribution in [3.63, 3.8) is 0 Å². The van der Waals surface area contributed by atoms with E-state index in [1.54, 1.807) is 60.7 Å². The lowest BCUT2D eigenvalue weighted by atomic mass is 9.97. The Morgan fingerprint density at radius 2 is 1.33 bits per heavy atom.